The quantitative estimate of drug-likeness (QED) is 0.736. The van der Waals surface area contributed by atoms with Gasteiger partial charge in [0.2, 0.25) is 10.0 Å². The van der Waals surface area contributed by atoms with Crippen LogP contribution in [0.4, 0.5) is 0 Å². The monoisotopic (exact) mass is 392 g/mol. The van der Waals surface area contributed by atoms with Crippen LogP contribution in [-0.2, 0) is 14.8 Å². The summed E-state index contributed by atoms with van der Waals surface area (Å²) >= 11 is 0. The topological polar surface area (TPSA) is 91.1 Å². The molecule has 1 saturated heterocycles. The third kappa shape index (κ3) is 4.57. The summed E-state index contributed by atoms with van der Waals surface area (Å²) in [5.41, 5.74) is 5.45. The fourth-order valence-corrected chi connectivity index (χ4v) is 4.58. The lowest BCUT2D eigenvalue weighted by molar-refractivity contribution is 0.0208. The van der Waals surface area contributed by atoms with E-state index in [1.807, 2.05) is 0 Å². The van der Waals surface area contributed by atoms with E-state index in [0.29, 0.717) is 63.8 Å². The third-order valence-electron chi connectivity index (χ3n) is 4.25. The Bertz CT molecular complexity index is 662. The molecule has 1 aromatic rings. The summed E-state index contributed by atoms with van der Waals surface area (Å²) in [6, 6.07) is 4.99. The van der Waals surface area contributed by atoms with Crippen LogP contribution in [0.15, 0.2) is 23.1 Å². The summed E-state index contributed by atoms with van der Waals surface area (Å²) < 4.78 is 44.2. The average molecular weight is 393 g/mol. The van der Waals surface area contributed by atoms with E-state index in [1.54, 1.807) is 18.2 Å². The number of ether oxygens (including phenoxy) is 3. The van der Waals surface area contributed by atoms with Crippen molar-refractivity contribution in [1.29, 1.82) is 0 Å². The van der Waals surface area contributed by atoms with Crippen molar-refractivity contribution in [3.8, 4) is 11.5 Å². The summed E-state index contributed by atoms with van der Waals surface area (Å²) in [6.07, 6.45) is 2.31. The second-order valence-electron chi connectivity index (χ2n) is 5.90. The van der Waals surface area contributed by atoms with Crippen LogP contribution in [-0.4, -0.2) is 58.3 Å². The van der Waals surface area contributed by atoms with Gasteiger partial charge in [-0.25, -0.2) is 8.42 Å². The SMILES string of the molecule is Cl.NCCCOC1CCN(S(=O)(=O)c2cccc3c2OCCO3)CC1. The number of rotatable bonds is 6. The molecule has 7 nitrogen and oxygen atoms in total. The molecule has 1 aromatic carbocycles. The molecule has 0 amide bonds. The molecule has 9 heteroatoms. The fourth-order valence-electron chi connectivity index (χ4n) is 2.96. The molecule has 0 spiro atoms. The highest BCUT2D eigenvalue weighted by atomic mass is 35.5. The molecule has 1 fully saturated rings. The first-order valence-electron chi connectivity index (χ1n) is 8.33. The molecule has 0 saturated carbocycles. The van der Waals surface area contributed by atoms with Crippen molar-refractivity contribution in [2.24, 2.45) is 5.73 Å². The molecule has 3 rings (SSSR count). The highest BCUT2D eigenvalue weighted by Gasteiger charge is 2.33. The number of benzene rings is 1. The number of nitrogens with two attached hydrogens (primary N) is 1. The van der Waals surface area contributed by atoms with Gasteiger partial charge in [-0.1, -0.05) is 6.07 Å². The van der Waals surface area contributed by atoms with Crippen LogP contribution in [0, 0.1) is 0 Å². The number of piperidine rings is 1. The molecule has 2 aliphatic heterocycles. The second-order valence-corrected chi connectivity index (χ2v) is 7.80. The van der Waals surface area contributed by atoms with Crippen LogP contribution in [0.25, 0.3) is 0 Å². The van der Waals surface area contributed by atoms with Gasteiger partial charge >= 0.3 is 0 Å². The molecule has 0 atom stereocenters. The van der Waals surface area contributed by atoms with E-state index in [-0.39, 0.29) is 23.4 Å². The maximum atomic E-state index is 13.0. The Morgan fingerprint density at radius 3 is 2.64 bits per heavy atom. The van der Waals surface area contributed by atoms with Crippen LogP contribution in [0.5, 0.6) is 11.5 Å². The van der Waals surface area contributed by atoms with E-state index < -0.39 is 10.0 Å². The first-order valence-corrected chi connectivity index (χ1v) is 9.77. The zero-order valence-electron chi connectivity index (χ0n) is 14.1. The number of nitrogens with zero attached hydrogens (tertiary/aromatic N) is 1. The minimum Gasteiger partial charge on any atom is -0.486 e. The predicted molar refractivity (Wildman–Crippen MR) is 96.1 cm³/mol. The molecule has 0 aliphatic carbocycles. The number of hydrogen-bond acceptors (Lipinski definition) is 6. The number of sulfonamides is 1. The molecule has 0 unspecified atom stereocenters. The molecule has 0 bridgehead atoms. The van der Waals surface area contributed by atoms with Crippen molar-refractivity contribution < 1.29 is 22.6 Å². The standard InChI is InChI=1S/C16H24N2O5S.ClH/c17-7-2-10-21-13-5-8-18(9-6-13)24(19,20)15-4-1-3-14-16(15)23-12-11-22-14;/h1,3-4,13H,2,5-12,17H2;1H. The van der Waals surface area contributed by atoms with Gasteiger partial charge in [0.15, 0.2) is 11.5 Å². The maximum absolute atomic E-state index is 13.0. The minimum absolute atomic E-state index is 0. The van der Waals surface area contributed by atoms with Crippen molar-refractivity contribution in [3.05, 3.63) is 18.2 Å². The molecular formula is C16H25ClN2O5S. The molecular weight excluding hydrogens is 368 g/mol. The Balaban J connectivity index is 0.00000225. The molecule has 25 heavy (non-hydrogen) atoms. The molecule has 0 radical (unpaired) electrons. The second kappa shape index (κ2) is 9.05. The third-order valence-corrected chi connectivity index (χ3v) is 6.17. The van der Waals surface area contributed by atoms with Crippen molar-refractivity contribution in [2.75, 3.05) is 39.5 Å². The number of hydrogen-bond donors (Lipinski definition) is 1. The smallest absolute Gasteiger partial charge is 0.246 e. The Hall–Kier alpha value is -1.06. The van der Waals surface area contributed by atoms with E-state index >= 15 is 0 Å². The van der Waals surface area contributed by atoms with Crippen LogP contribution in [0.3, 0.4) is 0 Å². The van der Waals surface area contributed by atoms with E-state index in [0.717, 1.165) is 6.42 Å². The van der Waals surface area contributed by atoms with Crippen molar-refractivity contribution in [1.82, 2.24) is 4.31 Å². The van der Waals surface area contributed by atoms with Crippen LogP contribution >= 0.6 is 12.4 Å². The van der Waals surface area contributed by atoms with Crippen LogP contribution < -0.4 is 15.2 Å². The van der Waals surface area contributed by atoms with Gasteiger partial charge in [-0.05, 0) is 37.9 Å². The Kier molecular flexibility index (Phi) is 7.33. The van der Waals surface area contributed by atoms with Gasteiger partial charge in [-0.15, -0.1) is 12.4 Å². The van der Waals surface area contributed by atoms with Gasteiger partial charge in [-0.3, -0.25) is 0 Å². The largest absolute Gasteiger partial charge is 0.486 e. The predicted octanol–water partition coefficient (Wildman–Crippen LogP) is 1.40. The van der Waals surface area contributed by atoms with E-state index in [1.165, 1.54) is 4.31 Å². The van der Waals surface area contributed by atoms with E-state index in [4.69, 9.17) is 19.9 Å². The van der Waals surface area contributed by atoms with Crippen LogP contribution in [0.1, 0.15) is 19.3 Å². The lowest BCUT2D eigenvalue weighted by Crippen LogP contribution is -2.41. The summed E-state index contributed by atoms with van der Waals surface area (Å²) in [5, 5.41) is 0. The highest BCUT2D eigenvalue weighted by Crippen LogP contribution is 2.38. The number of para-hydroxylation sites is 1. The summed E-state index contributed by atoms with van der Waals surface area (Å²) in [7, 11) is -3.60. The zero-order chi connectivity index (χ0) is 17.0. The highest BCUT2D eigenvalue weighted by molar-refractivity contribution is 7.89. The van der Waals surface area contributed by atoms with Gasteiger partial charge in [-0.2, -0.15) is 4.31 Å². The van der Waals surface area contributed by atoms with Gasteiger partial charge in [0, 0.05) is 19.7 Å². The summed E-state index contributed by atoms with van der Waals surface area (Å²) in [6.45, 7) is 2.92. The first-order chi connectivity index (χ1) is 11.6. The summed E-state index contributed by atoms with van der Waals surface area (Å²) in [4.78, 5) is 0.183. The minimum atomic E-state index is -3.60. The molecule has 142 valence electrons. The van der Waals surface area contributed by atoms with Crippen LogP contribution in [0.2, 0.25) is 0 Å². The molecule has 2 N–H and O–H groups in total. The summed E-state index contributed by atoms with van der Waals surface area (Å²) in [5.74, 6) is 0.812. The normalized spacial score (nSPS) is 18.6. The Morgan fingerprint density at radius 1 is 1.20 bits per heavy atom. The first kappa shape index (κ1) is 20.3. The van der Waals surface area contributed by atoms with E-state index in [9.17, 15) is 8.42 Å². The van der Waals surface area contributed by atoms with Gasteiger partial charge < -0.3 is 19.9 Å². The lowest BCUT2D eigenvalue weighted by atomic mass is 10.1. The fraction of sp³-hybridized carbons (Fsp3) is 0.625. The zero-order valence-corrected chi connectivity index (χ0v) is 15.7. The Labute approximate surface area is 154 Å². The average Bonchev–Trinajstić information content (AvgIpc) is 2.62. The van der Waals surface area contributed by atoms with Gasteiger partial charge in [0.05, 0.1) is 6.10 Å². The lowest BCUT2D eigenvalue weighted by Gasteiger charge is -2.32. The van der Waals surface area contributed by atoms with E-state index in [2.05, 4.69) is 0 Å². The van der Waals surface area contributed by atoms with Gasteiger partial charge in [0.25, 0.3) is 0 Å². The molecule has 2 heterocycles. The maximum Gasteiger partial charge on any atom is 0.246 e. The number of halogens is 1. The van der Waals surface area contributed by atoms with Gasteiger partial charge in [0.1, 0.15) is 18.1 Å². The Morgan fingerprint density at radius 2 is 1.92 bits per heavy atom. The van der Waals surface area contributed by atoms with Crippen molar-refractivity contribution >= 4 is 22.4 Å². The van der Waals surface area contributed by atoms with Crippen molar-refractivity contribution in [2.45, 2.75) is 30.3 Å². The molecule has 0 aromatic heterocycles. The number of fused-ring (bicyclic) bond motifs is 1. The van der Waals surface area contributed by atoms with Crippen molar-refractivity contribution in [3.63, 3.8) is 0 Å². The molecule has 2 aliphatic rings.